The number of hydrogen-bond acceptors (Lipinski definition) is 5. The zero-order valence-corrected chi connectivity index (χ0v) is 20.7. The molecule has 0 radical (unpaired) electrons. The van der Waals surface area contributed by atoms with Gasteiger partial charge in [0.2, 0.25) is 5.91 Å². The molecule has 0 saturated heterocycles. The molecule has 3 rings (SSSR count). The first-order valence-electron chi connectivity index (χ1n) is 11.8. The summed E-state index contributed by atoms with van der Waals surface area (Å²) in [4.78, 5) is 37.4. The summed E-state index contributed by atoms with van der Waals surface area (Å²) in [7, 11) is 1.55. The average molecular weight is 483 g/mol. The lowest BCUT2D eigenvalue weighted by molar-refractivity contribution is -0.145. The number of benzene rings is 2. The first-order chi connectivity index (χ1) is 16.6. The number of ether oxygens (including phenoxy) is 2. The van der Waals surface area contributed by atoms with Gasteiger partial charge in [0.05, 0.1) is 0 Å². The lowest BCUT2D eigenvalue weighted by Gasteiger charge is -2.29. The number of alkyl carbamates (subject to hydrolysis) is 1. The molecule has 0 saturated carbocycles. The monoisotopic (exact) mass is 482 g/mol. The van der Waals surface area contributed by atoms with Gasteiger partial charge >= 0.3 is 12.1 Å². The molecule has 1 aliphatic carbocycles. The van der Waals surface area contributed by atoms with Gasteiger partial charge in [-0.15, -0.1) is 0 Å². The maximum absolute atomic E-state index is 12.9. The van der Waals surface area contributed by atoms with Crippen molar-refractivity contribution in [2.75, 3.05) is 20.3 Å². The Labute approximate surface area is 206 Å². The van der Waals surface area contributed by atoms with Gasteiger partial charge in [-0.05, 0) is 40.5 Å². The standard InChI is InChI=1S/C27H34N2O6/c1-27(2,3)23(25(31)32)29-24(30)22(14-9-15-34-4)28-26(33)35-16-21-19-12-7-5-10-17(19)18-11-6-8-13-20(18)21/h5-8,10-13,21-23H,9,14-16H2,1-4H3,(H,28,33)(H,29,30)(H,31,32). The number of carbonyl (C=O) groups is 3. The Kier molecular flexibility index (Phi) is 8.51. The third-order valence-corrected chi connectivity index (χ3v) is 6.19. The van der Waals surface area contributed by atoms with Crippen LogP contribution in [-0.2, 0) is 19.1 Å². The van der Waals surface area contributed by atoms with Gasteiger partial charge in [0.1, 0.15) is 18.7 Å². The molecule has 2 atom stereocenters. The minimum atomic E-state index is -1.14. The Morgan fingerprint density at radius 1 is 0.971 bits per heavy atom. The van der Waals surface area contributed by atoms with Gasteiger partial charge in [-0.2, -0.15) is 0 Å². The van der Waals surface area contributed by atoms with E-state index in [-0.39, 0.29) is 18.9 Å². The molecule has 0 aliphatic heterocycles. The van der Waals surface area contributed by atoms with Crippen molar-refractivity contribution in [1.82, 2.24) is 10.6 Å². The van der Waals surface area contributed by atoms with E-state index in [1.807, 2.05) is 36.4 Å². The fourth-order valence-corrected chi connectivity index (χ4v) is 4.37. The number of amides is 2. The quantitative estimate of drug-likeness (QED) is 0.442. The van der Waals surface area contributed by atoms with E-state index in [0.717, 1.165) is 22.3 Å². The average Bonchev–Trinajstić information content (AvgIpc) is 3.13. The van der Waals surface area contributed by atoms with Gasteiger partial charge in [-0.3, -0.25) is 4.79 Å². The van der Waals surface area contributed by atoms with E-state index in [2.05, 4.69) is 22.8 Å². The van der Waals surface area contributed by atoms with Crippen LogP contribution in [0.2, 0.25) is 0 Å². The summed E-state index contributed by atoms with van der Waals surface area (Å²) < 4.78 is 10.6. The van der Waals surface area contributed by atoms with Crippen LogP contribution < -0.4 is 10.6 Å². The van der Waals surface area contributed by atoms with Crippen LogP contribution in [0.3, 0.4) is 0 Å². The zero-order chi connectivity index (χ0) is 25.6. The molecule has 2 aromatic rings. The molecular weight excluding hydrogens is 448 g/mol. The van der Waals surface area contributed by atoms with Crippen molar-refractivity contribution >= 4 is 18.0 Å². The van der Waals surface area contributed by atoms with Gasteiger partial charge in [0.15, 0.2) is 0 Å². The summed E-state index contributed by atoms with van der Waals surface area (Å²) in [5.74, 6) is -1.81. The number of aliphatic carboxylic acids is 1. The molecule has 0 fully saturated rings. The summed E-state index contributed by atoms with van der Waals surface area (Å²) >= 11 is 0. The number of fused-ring (bicyclic) bond motifs is 3. The minimum absolute atomic E-state index is 0.105. The molecule has 35 heavy (non-hydrogen) atoms. The Balaban J connectivity index is 1.68. The number of hydrogen-bond donors (Lipinski definition) is 3. The third-order valence-electron chi connectivity index (χ3n) is 6.19. The van der Waals surface area contributed by atoms with Crippen LogP contribution >= 0.6 is 0 Å². The summed E-state index contributed by atoms with van der Waals surface area (Å²) in [6.45, 7) is 5.70. The largest absolute Gasteiger partial charge is 0.480 e. The fourth-order valence-electron chi connectivity index (χ4n) is 4.37. The number of rotatable bonds is 10. The van der Waals surface area contributed by atoms with Crippen LogP contribution in [0.25, 0.3) is 11.1 Å². The predicted molar refractivity (Wildman–Crippen MR) is 132 cm³/mol. The van der Waals surface area contributed by atoms with E-state index in [9.17, 15) is 19.5 Å². The van der Waals surface area contributed by atoms with Crippen molar-refractivity contribution in [2.24, 2.45) is 5.41 Å². The highest BCUT2D eigenvalue weighted by Crippen LogP contribution is 2.44. The van der Waals surface area contributed by atoms with Crippen LogP contribution in [0.15, 0.2) is 48.5 Å². The van der Waals surface area contributed by atoms with Gasteiger partial charge in [-0.1, -0.05) is 69.3 Å². The maximum atomic E-state index is 12.9. The molecule has 188 valence electrons. The number of methoxy groups -OCH3 is 1. The van der Waals surface area contributed by atoms with Crippen molar-refractivity contribution in [3.05, 3.63) is 59.7 Å². The van der Waals surface area contributed by atoms with Gasteiger partial charge < -0.3 is 25.2 Å². The number of carboxylic acids is 1. The van der Waals surface area contributed by atoms with Crippen molar-refractivity contribution in [3.8, 4) is 11.1 Å². The summed E-state index contributed by atoms with van der Waals surface area (Å²) in [5.41, 5.74) is 3.71. The molecule has 0 aromatic heterocycles. The van der Waals surface area contributed by atoms with Gasteiger partial charge in [0, 0.05) is 19.6 Å². The van der Waals surface area contributed by atoms with E-state index < -0.39 is 35.5 Å². The third kappa shape index (κ3) is 6.39. The molecule has 2 amide bonds. The molecule has 8 nitrogen and oxygen atoms in total. The van der Waals surface area contributed by atoms with Crippen molar-refractivity contribution in [2.45, 2.75) is 51.6 Å². The lowest BCUT2D eigenvalue weighted by Crippen LogP contribution is -2.55. The zero-order valence-electron chi connectivity index (χ0n) is 20.7. The summed E-state index contributed by atoms with van der Waals surface area (Å²) in [6.07, 6.45) is 0.0540. The first kappa shape index (κ1) is 26.2. The lowest BCUT2D eigenvalue weighted by atomic mass is 9.86. The normalized spacial score (nSPS) is 14.4. The molecule has 1 aliphatic rings. The Hall–Kier alpha value is -3.39. The summed E-state index contributed by atoms with van der Waals surface area (Å²) in [5, 5.41) is 14.7. The predicted octanol–water partition coefficient (Wildman–Crippen LogP) is 3.94. The van der Waals surface area contributed by atoms with E-state index in [1.54, 1.807) is 27.9 Å². The summed E-state index contributed by atoms with van der Waals surface area (Å²) in [6, 6.07) is 14.0. The van der Waals surface area contributed by atoms with Crippen molar-refractivity contribution in [1.29, 1.82) is 0 Å². The van der Waals surface area contributed by atoms with Crippen LogP contribution in [-0.4, -0.2) is 55.5 Å². The van der Waals surface area contributed by atoms with Crippen molar-refractivity contribution in [3.63, 3.8) is 0 Å². The van der Waals surface area contributed by atoms with Crippen LogP contribution in [0.5, 0.6) is 0 Å². The molecule has 0 heterocycles. The van der Waals surface area contributed by atoms with Crippen LogP contribution in [0.1, 0.15) is 50.7 Å². The highest BCUT2D eigenvalue weighted by atomic mass is 16.5. The van der Waals surface area contributed by atoms with Gasteiger partial charge in [0.25, 0.3) is 0 Å². The second-order valence-corrected chi connectivity index (χ2v) is 9.80. The van der Waals surface area contributed by atoms with E-state index >= 15 is 0 Å². The van der Waals surface area contributed by atoms with E-state index in [0.29, 0.717) is 13.0 Å². The smallest absolute Gasteiger partial charge is 0.407 e. The molecular formula is C27H34N2O6. The Bertz CT molecular complexity index is 1020. The number of carboxylic acid groups (broad SMARTS) is 1. The number of nitrogens with one attached hydrogen (secondary N) is 2. The molecule has 0 spiro atoms. The second kappa shape index (κ2) is 11.4. The molecule has 2 aromatic carbocycles. The molecule has 3 N–H and O–H groups in total. The van der Waals surface area contributed by atoms with Crippen molar-refractivity contribution < 1.29 is 29.0 Å². The first-order valence-corrected chi connectivity index (χ1v) is 11.8. The molecule has 2 unspecified atom stereocenters. The number of carbonyl (C=O) groups excluding carboxylic acids is 2. The molecule has 0 bridgehead atoms. The van der Waals surface area contributed by atoms with Crippen LogP contribution in [0, 0.1) is 5.41 Å². The highest BCUT2D eigenvalue weighted by Gasteiger charge is 2.35. The minimum Gasteiger partial charge on any atom is -0.480 e. The second-order valence-electron chi connectivity index (χ2n) is 9.80. The maximum Gasteiger partial charge on any atom is 0.407 e. The topological polar surface area (TPSA) is 114 Å². The van der Waals surface area contributed by atoms with Gasteiger partial charge in [-0.25, -0.2) is 9.59 Å². The van der Waals surface area contributed by atoms with E-state index in [4.69, 9.17) is 9.47 Å². The SMILES string of the molecule is COCCCC(NC(=O)OCC1c2ccccc2-c2ccccc21)C(=O)NC(C(=O)O)C(C)(C)C. The van der Waals surface area contributed by atoms with E-state index in [1.165, 1.54) is 0 Å². The Morgan fingerprint density at radius 3 is 2.06 bits per heavy atom. The Morgan fingerprint density at radius 2 is 1.54 bits per heavy atom. The molecule has 8 heteroatoms. The highest BCUT2D eigenvalue weighted by molar-refractivity contribution is 5.89. The van der Waals surface area contributed by atoms with Crippen LogP contribution in [0.4, 0.5) is 4.79 Å². The fraction of sp³-hybridized carbons (Fsp3) is 0.444.